The average molecular weight is 334 g/mol. The molecule has 1 saturated heterocycles. The van der Waals surface area contributed by atoms with Gasteiger partial charge in [0.15, 0.2) is 0 Å². The van der Waals surface area contributed by atoms with Gasteiger partial charge in [0.05, 0.1) is 34.4 Å². The Morgan fingerprint density at radius 2 is 2.04 bits per heavy atom. The van der Waals surface area contributed by atoms with E-state index in [0.717, 1.165) is 59.1 Å². The molecule has 1 aliphatic rings. The van der Waals surface area contributed by atoms with Crippen LogP contribution in [0, 0.1) is 0 Å². The number of hydrogen-bond donors (Lipinski definition) is 2. The first kappa shape index (κ1) is 14.4. The number of benzene rings is 1. The summed E-state index contributed by atoms with van der Waals surface area (Å²) in [5, 5.41) is 13.6. The molecule has 126 valence electrons. The van der Waals surface area contributed by atoms with Crippen molar-refractivity contribution in [2.75, 3.05) is 18.9 Å². The molecule has 7 heteroatoms. The van der Waals surface area contributed by atoms with E-state index in [2.05, 4.69) is 37.1 Å². The van der Waals surface area contributed by atoms with E-state index in [0.29, 0.717) is 11.9 Å². The number of pyridine rings is 1. The van der Waals surface area contributed by atoms with Crippen LogP contribution in [0.5, 0.6) is 0 Å². The largest absolute Gasteiger partial charge is 0.383 e. The first-order valence-electron chi connectivity index (χ1n) is 8.45. The van der Waals surface area contributed by atoms with E-state index < -0.39 is 0 Å². The van der Waals surface area contributed by atoms with Crippen molar-refractivity contribution in [2.24, 2.45) is 0 Å². The van der Waals surface area contributed by atoms with Crippen molar-refractivity contribution in [3.05, 3.63) is 36.7 Å². The highest BCUT2D eigenvalue weighted by Gasteiger charge is 2.21. The molecule has 0 spiro atoms. The molecular formula is C18H18N6O. The number of aromatic amines is 1. The van der Waals surface area contributed by atoms with Gasteiger partial charge in [-0.3, -0.25) is 9.78 Å². The van der Waals surface area contributed by atoms with Gasteiger partial charge in [-0.15, -0.1) is 0 Å². The monoisotopic (exact) mass is 334 g/mol. The van der Waals surface area contributed by atoms with Gasteiger partial charge < -0.3 is 10.5 Å². The SMILES string of the molecule is Nc1nc2cc(-c3ccn[nH]3)ccc2c2c1cnn2C1CCOCC1. The molecule has 0 amide bonds. The molecule has 1 aromatic carbocycles. The Morgan fingerprint density at radius 1 is 1.16 bits per heavy atom. The Hall–Kier alpha value is -2.93. The molecule has 4 heterocycles. The van der Waals surface area contributed by atoms with Gasteiger partial charge in [-0.1, -0.05) is 6.07 Å². The van der Waals surface area contributed by atoms with Crippen molar-refractivity contribution in [2.45, 2.75) is 18.9 Å². The second kappa shape index (κ2) is 5.56. The summed E-state index contributed by atoms with van der Waals surface area (Å²) in [6.07, 6.45) is 5.50. The number of nitrogens with two attached hydrogens (primary N) is 1. The van der Waals surface area contributed by atoms with E-state index in [9.17, 15) is 0 Å². The predicted octanol–water partition coefficient (Wildman–Crippen LogP) is 2.91. The number of nitrogens with zero attached hydrogens (tertiary/aromatic N) is 4. The normalized spacial score (nSPS) is 16.0. The van der Waals surface area contributed by atoms with Gasteiger partial charge >= 0.3 is 0 Å². The predicted molar refractivity (Wildman–Crippen MR) is 96.1 cm³/mol. The number of anilines is 1. The Kier molecular flexibility index (Phi) is 3.21. The summed E-state index contributed by atoms with van der Waals surface area (Å²) in [4.78, 5) is 4.60. The lowest BCUT2D eigenvalue weighted by Gasteiger charge is -2.23. The van der Waals surface area contributed by atoms with Crippen LogP contribution >= 0.6 is 0 Å². The summed E-state index contributed by atoms with van der Waals surface area (Å²) in [5.41, 5.74) is 10.1. The van der Waals surface area contributed by atoms with Gasteiger partial charge in [0.25, 0.3) is 0 Å². The molecule has 1 fully saturated rings. The standard InChI is InChI=1S/C18H18N6O/c19-18-14-10-21-24(12-4-7-25-8-5-12)17(14)13-2-1-11(9-16(13)22-18)15-3-6-20-23-15/h1-3,6,9-10,12H,4-5,7-8H2,(H2,19,22)(H,20,23). The summed E-state index contributed by atoms with van der Waals surface area (Å²) < 4.78 is 7.60. The molecule has 1 aliphatic heterocycles. The lowest BCUT2D eigenvalue weighted by molar-refractivity contribution is 0.0675. The zero-order valence-electron chi connectivity index (χ0n) is 13.6. The van der Waals surface area contributed by atoms with Crippen LogP contribution < -0.4 is 5.73 Å². The van der Waals surface area contributed by atoms with Gasteiger partial charge in [-0.2, -0.15) is 10.2 Å². The third kappa shape index (κ3) is 2.27. The molecule has 4 aromatic rings. The molecule has 0 unspecified atom stereocenters. The number of fused-ring (bicyclic) bond motifs is 3. The molecule has 0 radical (unpaired) electrons. The number of aromatic nitrogens is 5. The number of nitrogen functional groups attached to an aromatic ring is 1. The minimum absolute atomic E-state index is 0.337. The summed E-state index contributed by atoms with van der Waals surface area (Å²) in [6.45, 7) is 1.54. The molecular weight excluding hydrogens is 316 g/mol. The van der Waals surface area contributed by atoms with Crippen LogP contribution in [0.1, 0.15) is 18.9 Å². The number of H-pyrrole nitrogens is 1. The molecule has 0 saturated carbocycles. The third-order valence-electron chi connectivity index (χ3n) is 4.91. The second-order valence-electron chi connectivity index (χ2n) is 6.39. The van der Waals surface area contributed by atoms with Crippen LogP contribution in [0.4, 0.5) is 5.82 Å². The van der Waals surface area contributed by atoms with E-state index in [1.54, 1.807) is 6.20 Å². The summed E-state index contributed by atoms with van der Waals surface area (Å²) in [7, 11) is 0. The molecule has 3 aromatic heterocycles. The highest BCUT2D eigenvalue weighted by atomic mass is 16.5. The Bertz CT molecular complexity index is 1050. The molecule has 3 N–H and O–H groups in total. The van der Waals surface area contributed by atoms with E-state index >= 15 is 0 Å². The summed E-state index contributed by atoms with van der Waals surface area (Å²) in [6, 6.07) is 8.49. The van der Waals surface area contributed by atoms with Crippen molar-refractivity contribution < 1.29 is 4.74 Å². The number of ether oxygens (including phenoxy) is 1. The van der Waals surface area contributed by atoms with E-state index in [4.69, 9.17) is 10.5 Å². The zero-order chi connectivity index (χ0) is 16.8. The molecule has 5 rings (SSSR count). The lowest BCUT2D eigenvalue weighted by atomic mass is 10.1. The average Bonchev–Trinajstić information content (AvgIpc) is 3.32. The van der Waals surface area contributed by atoms with Crippen molar-refractivity contribution >= 4 is 27.6 Å². The maximum atomic E-state index is 6.22. The Balaban J connectivity index is 1.74. The Morgan fingerprint density at radius 3 is 2.84 bits per heavy atom. The zero-order valence-corrected chi connectivity index (χ0v) is 13.6. The smallest absolute Gasteiger partial charge is 0.135 e. The number of rotatable bonds is 2. The number of nitrogens with one attached hydrogen (secondary N) is 1. The third-order valence-corrected chi connectivity index (χ3v) is 4.91. The first-order chi connectivity index (χ1) is 12.3. The van der Waals surface area contributed by atoms with Crippen molar-refractivity contribution in [1.29, 1.82) is 0 Å². The van der Waals surface area contributed by atoms with Crippen LogP contribution in [0.3, 0.4) is 0 Å². The highest BCUT2D eigenvalue weighted by Crippen LogP contribution is 2.33. The highest BCUT2D eigenvalue weighted by molar-refractivity contribution is 6.08. The fourth-order valence-corrected chi connectivity index (χ4v) is 3.62. The molecule has 7 nitrogen and oxygen atoms in total. The van der Waals surface area contributed by atoms with E-state index in [1.165, 1.54) is 0 Å². The summed E-state index contributed by atoms with van der Waals surface area (Å²) >= 11 is 0. The minimum atomic E-state index is 0.337. The molecule has 0 aliphatic carbocycles. The first-order valence-corrected chi connectivity index (χ1v) is 8.45. The van der Waals surface area contributed by atoms with Gasteiger partial charge in [0.1, 0.15) is 5.82 Å². The quantitative estimate of drug-likeness (QED) is 0.588. The van der Waals surface area contributed by atoms with Gasteiger partial charge in [0.2, 0.25) is 0 Å². The van der Waals surface area contributed by atoms with Crippen LogP contribution in [-0.2, 0) is 4.74 Å². The van der Waals surface area contributed by atoms with Crippen molar-refractivity contribution in [3.8, 4) is 11.3 Å². The maximum absolute atomic E-state index is 6.22. The number of hydrogen-bond acceptors (Lipinski definition) is 5. The van der Waals surface area contributed by atoms with Crippen LogP contribution in [0.25, 0.3) is 33.1 Å². The van der Waals surface area contributed by atoms with Crippen LogP contribution in [-0.4, -0.2) is 38.2 Å². The van der Waals surface area contributed by atoms with Crippen molar-refractivity contribution in [3.63, 3.8) is 0 Å². The topological polar surface area (TPSA) is 94.6 Å². The van der Waals surface area contributed by atoms with Gasteiger partial charge in [-0.25, -0.2) is 4.98 Å². The maximum Gasteiger partial charge on any atom is 0.135 e. The Labute approximate surface area is 143 Å². The summed E-state index contributed by atoms with van der Waals surface area (Å²) in [5.74, 6) is 0.516. The van der Waals surface area contributed by atoms with E-state index in [1.807, 2.05) is 18.3 Å². The minimum Gasteiger partial charge on any atom is -0.383 e. The second-order valence-corrected chi connectivity index (χ2v) is 6.39. The fourth-order valence-electron chi connectivity index (χ4n) is 3.62. The van der Waals surface area contributed by atoms with Gasteiger partial charge in [-0.05, 0) is 31.0 Å². The van der Waals surface area contributed by atoms with Crippen molar-refractivity contribution in [1.82, 2.24) is 25.0 Å². The fraction of sp³-hybridized carbons (Fsp3) is 0.278. The molecule has 0 bridgehead atoms. The lowest BCUT2D eigenvalue weighted by Crippen LogP contribution is -2.20. The van der Waals surface area contributed by atoms with Crippen LogP contribution in [0.2, 0.25) is 0 Å². The molecule has 25 heavy (non-hydrogen) atoms. The molecule has 0 atom stereocenters. The van der Waals surface area contributed by atoms with Crippen LogP contribution in [0.15, 0.2) is 36.7 Å². The van der Waals surface area contributed by atoms with E-state index in [-0.39, 0.29) is 0 Å². The van der Waals surface area contributed by atoms with Gasteiger partial charge in [0, 0.05) is 30.4 Å².